The number of allylic oxidation sites excluding steroid dienone is 1. The van der Waals surface area contributed by atoms with Gasteiger partial charge in [-0.15, -0.1) is 5.10 Å². The van der Waals surface area contributed by atoms with Crippen molar-refractivity contribution in [3.05, 3.63) is 70.4 Å². The van der Waals surface area contributed by atoms with Crippen LogP contribution in [0.3, 0.4) is 0 Å². The molecular weight excluding hydrogens is 316 g/mol. The molecule has 0 saturated heterocycles. The van der Waals surface area contributed by atoms with Crippen molar-refractivity contribution >= 4 is 0 Å². The maximum absolute atomic E-state index is 9.56. The van der Waals surface area contributed by atoms with E-state index in [2.05, 4.69) is 16.3 Å². The van der Waals surface area contributed by atoms with E-state index in [4.69, 9.17) is 14.9 Å². The Balaban J connectivity index is 1.82. The molecule has 4 rings (SSSR count). The second kappa shape index (κ2) is 5.56. The molecule has 0 saturated carbocycles. The summed E-state index contributed by atoms with van der Waals surface area (Å²) in [7, 11) is 0. The molecule has 1 aliphatic rings. The van der Waals surface area contributed by atoms with E-state index in [1.807, 2.05) is 50.2 Å². The number of aromatic amines is 1. The first-order valence-corrected chi connectivity index (χ1v) is 7.87. The van der Waals surface area contributed by atoms with Crippen LogP contribution in [-0.2, 0) is 0 Å². The molecule has 3 aromatic rings. The van der Waals surface area contributed by atoms with Gasteiger partial charge in [0.1, 0.15) is 23.2 Å². The SMILES string of the molecule is Cc1ccc(-c2ccc([C@@H]3C(C#N)=C(N)Oc4n[nH]c(C)c43)o2)cc1. The second-order valence-electron chi connectivity index (χ2n) is 6.06. The summed E-state index contributed by atoms with van der Waals surface area (Å²) in [6, 6.07) is 14.0. The molecule has 0 unspecified atom stereocenters. The molecule has 2 aromatic heterocycles. The predicted molar refractivity (Wildman–Crippen MR) is 91.5 cm³/mol. The molecule has 3 heterocycles. The van der Waals surface area contributed by atoms with Gasteiger partial charge in [-0.2, -0.15) is 5.26 Å². The van der Waals surface area contributed by atoms with Crippen LogP contribution in [0.15, 0.2) is 52.3 Å². The lowest BCUT2D eigenvalue weighted by molar-refractivity contribution is 0.371. The number of nitrogens with zero attached hydrogens (tertiary/aromatic N) is 2. The largest absolute Gasteiger partial charge is 0.460 e. The van der Waals surface area contributed by atoms with E-state index in [0.717, 1.165) is 22.6 Å². The number of hydrogen-bond donors (Lipinski definition) is 2. The monoisotopic (exact) mass is 332 g/mol. The minimum Gasteiger partial charge on any atom is -0.460 e. The molecule has 25 heavy (non-hydrogen) atoms. The Bertz CT molecular complexity index is 1020. The van der Waals surface area contributed by atoms with Gasteiger partial charge < -0.3 is 14.9 Å². The van der Waals surface area contributed by atoms with E-state index >= 15 is 0 Å². The number of ether oxygens (including phenoxy) is 1. The predicted octanol–water partition coefficient (Wildman–Crippen LogP) is 3.50. The number of aromatic nitrogens is 2. The van der Waals surface area contributed by atoms with Gasteiger partial charge in [-0.25, -0.2) is 0 Å². The summed E-state index contributed by atoms with van der Waals surface area (Å²) < 4.78 is 11.5. The zero-order chi connectivity index (χ0) is 17.6. The third-order valence-corrected chi connectivity index (χ3v) is 4.38. The summed E-state index contributed by atoms with van der Waals surface area (Å²) >= 11 is 0. The van der Waals surface area contributed by atoms with Crippen molar-refractivity contribution in [2.24, 2.45) is 5.73 Å². The molecule has 1 aromatic carbocycles. The molecule has 1 atom stereocenters. The number of rotatable bonds is 2. The summed E-state index contributed by atoms with van der Waals surface area (Å²) in [5.74, 6) is 1.36. The number of benzene rings is 1. The Hall–Kier alpha value is -3.46. The van der Waals surface area contributed by atoms with Crippen LogP contribution in [0.1, 0.15) is 28.5 Å². The van der Waals surface area contributed by atoms with Gasteiger partial charge in [0, 0.05) is 11.3 Å². The number of hydrogen-bond acceptors (Lipinski definition) is 5. The van der Waals surface area contributed by atoms with Crippen LogP contribution in [0, 0.1) is 25.2 Å². The molecule has 124 valence electrons. The van der Waals surface area contributed by atoms with Gasteiger partial charge in [0.25, 0.3) is 0 Å². The number of aryl methyl sites for hydroxylation is 2. The molecule has 0 spiro atoms. The minimum absolute atomic E-state index is 0.0554. The molecule has 0 bridgehead atoms. The van der Waals surface area contributed by atoms with Crippen molar-refractivity contribution in [3.8, 4) is 23.3 Å². The van der Waals surface area contributed by atoms with Gasteiger partial charge in [0.05, 0.1) is 11.5 Å². The molecule has 0 fully saturated rings. The van der Waals surface area contributed by atoms with E-state index in [1.165, 1.54) is 5.56 Å². The normalized spacial score (nSPS) is 16.3. The maximum Gasteiger partial charge on any atom is 0.244 e. The lowest BCUT2D eigenvalue weighted by atomic mass is 9.88. The quantitative estimate of drug-likeness (QED) is 0.748. The fourth-order valence-electron chi connectivity index (χ4n) is 3.06. The van der Waals surface area contributed by atoms with Crippen LogP contribution in [0.4, 0.5) is 0 Å². The van der Waals surface area contributed by atoms with Crippen molar-refractivity contribution in [2.45, 2.75) is 19.8 Å². The molecule has 6 nitrogen and oxygen atoms in total. The number of nitrogens with two attached hydrogens (primary N) is 1. The molecule has 1 aliphatic heterocycles. The third kappa shape index (κ3) is 2.37. The second-order valence-corrected chi connectivity index (χ2v) is 6.06. The highest BCUT2D eigenvalue weighted by Gasteiger charge is 2.36. The van der Waals surface area contributed by atoms with Crippen molar-refractivity contribution in [1.82, 2.24) is 10.2 Å². The fourth-order valence-corrected chi connectivity index (χ4v) is 3.06. The number of nitrogens with one attached hydrogen (secondary N) is 1. The van der Waals surface area contributed by atoms with Crippen molar-refractivity contribution in [3.63, 3.8) is 0 Å². The van der Waals surface area contributed by atoms with E-state index in [1.54, 1.807) is 0 Å². The molecular formula is C19H16N4O2. The standard InChI is InChI=1S/C19H16N4O2/c1-10-3-5-12(6-4-10)14-7-8-15(24-14)17-13(9-20)18(21)25-19-16(17)11(2)22-23-19/h3-8,17H,21H2,1-2H3,(H,22,23)/t17-/m0/s1. The van der Waals surface area contributed by atoms with E-state index in [-0.39, 0.29) is 5.88 Å². The van der Waals surface area contributed by atoms with Gasteiger partial charge in [-0.05, 0) is 26.0 Å². The summed E-state index contributed by atoms with van der Waals surface area (Å²) in [5, 5.41) is 16.6. The molecule has 3 N–H and O–H groups in total. The van der Waals surface area contributed by atoms with Crippen LogP contribution in [0.25, 0.3) is 11.3 Å². The van der Waals surface area contributed by atoms with Gasteiger partial charge in [-0.1, -0.05) is 29.8 Å². The van der Waals surface area contributed by atoms with Gasteiger partial charge in [-0.3, -0.25) is 5.10 Å². The highest BCUT2D eigenvalue weighted by atomic mass is 16.5. The Labute approximate surface area is 144 Å². The maximum atomic E-state index is 9.56. The van der Waals surface area contributed by atoms with Crippen molar-refractivity contribution in [1.29, 1.82) is 5.26 Å². The Morgan fingerprint density at radius 1 is 1.16 bits per heavy atom. The smallest absolute Gasteiger partial charge is 0.244 e. The molecule has 0 amide bonds. The van der Waals surface area contributed by atoms with Crippen molar-refractivity contribution < 1.29 is 9.15 Å². The van der Waals surface area contributed by atoms with E-state index in [9.17, 15) is 5.26 Å². The zero-order valence-corrected chi connectivity index (χ0v) is 13.8. The van der Waals surface area contributed by atoms with Crippen LogP contribution in [0.2, 0.25) is 0 Å². The summed E-state index contributed by atoms with van der Waals surface area (Å²) in [6.07, 6.45) is 0. The highest BCUT2D eigenvalue weighted by Crippen LogP contribution is 2.43. The topological polar surface area (TPSA) is 101 Å². The van der Waals surface area contributed by atoms with Crippen LogP contribution >= 0.6 is 0 Å². The number of H-pyrrole nitrogens is 1. The highest BCUT2D eigenvalue weighted by molar-refractivity contribution is 5.60. The number of nitriles is 1. The fraction of sp³-hybridized carbons (Fsp3) is 0.158. The van der Waals surface area contributed by atoms with Gasteiger partial charge in [0.2, 0.25) is 11.8 Å². The Kier molecular flexibility index (Phi) is 3.36. The Morgan fingerprint density at radius 2 is 1.92 bits per heavy atom. The van der Waals surface area contributed by atoms with Crippen LogP contribution < -0.4 is 10.5 Å². The minimum atomic E-state index is -0.438. The van der Waals surface area contributed by atoms with Crippen LogP contribution in [-0.4, -0.2) is 10.2 Å². The first-order chi connectivity index (χ1) is 12.1. The first-order valence-electron chi connectivity index (χ1n) is 7.87. The van der Waals surface area contributed by atoms with Gasteiger partial charge in [0.15, 0.2) is 0 Å². The Morgan fingerprint density at radius 3 is 2.64 bits per heavy atom. The lowest BCUT2D eigenvalue weighted by Gasteiger charge is -2.21. The zero-order valence-electron chi connectivity index (χ0n) is 13.8. The number of furan rings is 1. The number of fused-ring (bicyclic) bond motifs is 1. The summed E-state index contributed by atoms with van der Waals surface area (Å²) in [5.41, 5.74) is 9.98. The average Bonchev–Trinajstić information content (AvgIpc) is 3.22. The van der Waals surface area contributed by atoms with Crippen LogP contribution in [0.5, 0.6) is 5.88 Å². The molecule has 0 radical (unpaired) electrons. The molecule has 6 heteroatoms. The average molecular weight is 332 g/mol. The van der Waals surface area contributed by atoms with Gasteiger partial charge >= 0.3 is 0 Å². The van der Waals surface area contributed by atoms with E-state index < -0.39 is 5.92 Å². The molecule has 0 aliphatic carbocycles. The van der Waals surface area contributed by atoms with E-state index in [0.29, 0.717) is 17.2 Å². The summed E-state index contributed by atoms with van der Waals surface area (Å²) in [4.78, 5) is 0. The third-order valence-electron chi connectivity index (χ3n) is 4.38. The first kappa shape index (κ1) is 15.1. The summed E-state index contributed by atoms with van der Waals surface area (Å²) in [6.45, 7) is 3.91. The lowest BCUT2D eigenvalue weighted by Crippen LogP contribution is -2.20. The van der Waals surface area contributed by atoms with Crippen molar-refractivity contribution in [2.75, 3.05) is 0 Å².